The molecule has 2 N–H and O–H groups in total. The number of carbonyl (C=O) groups is 2. The molecular weight excluding hydrogens is 286 g/mol. The fourth-order valence-electron chi connectivity index (χ4n) is 2.27. The van der Waals surface area contributed by atoms with Gasteiger partial charge in [-0.2, -0.15) is 0 Å². The number of carbonyl (C=O) groups excluding carboxylic acids is 1. The van der Waals surface area contributed by atoms with Gasteiger partial charge in [-0.3, -0.25) is 4.79 Å². The molecule has 1 fully saturated rings. The number of rotatable bonds is 3. The van der Waals surface area contributed by atoms with Crippen LogP contribution in [0.5, 0.6) is 5.75 Å². The number of benzene rings is 1. The molecule has 6 nitrogen and oxygen atoms in total. The maximum Gasteiger partial charge on any atom is 0.326 e. The summed E-state index contributed by atoms with van der Waals surface area (Å²) in [5, 5.41) is 19.1. The lowest BCUT2D eigenvalue weighted by Gasteiger charge is -2.22. The van der Waals surface area contributed by atoms with Crippen LogP contribution in [-0.4, -0.2) is 52.8 Å². The van der Waals surface area contributed by atoms with Crippen LogP contribution in [0.4, 0.5) is 0 Å². The predicted molar refractivity (Wildman–Crippen MR) is 71.1 cm³/mol. The van der Waals surface area contributed by atoms with Crippen LogP contribution in [0.3, 0.4) is 0 Å². The van der Waals surface area contributed by atoms with Gasteiger partial charge in [0.25, 0.3) is 5.91 Å². The SMILES string of the molecule is COc1cc(Cl)ccc1C(=O)N1CC(O)C[C@H]1C(=O)O. The van der Waals surface area contributed by atoms with Crippen LogP contribution < -0.4 is 4.74 Å². The molecule has 0 saturated carbocycles. The second-order valence-electron chi connectivity index (χ2n) is 4.55. The van der Waals surface area contributed by atoms with Crippen molar-refractivity contribution in [1.29, 1.82) is 0 Å². The third kappa shape index (κ3) is 2.71. The molecule has 1 amide bonds. The second kappa shape index (κ2) is 5.68. The smallest absolute Gasteiger partial charge is 0.326 e. The van der Waals surface area contributed by atoms with Crippen LogP contribution in [0.15, 0.2) is 18.2 Å². The first-order valence-electron chi connectivity index (χ1n) is 5.99. The number of hydrogen-bond donors (Lipinski definition) is 2. The zero-order chi connectivity index (χ0) is 14.9. The second-order valence-corrected chi connectivity index (χ2v) is 4.98. The maximum absolute atomic E-state index is 12.4. The summed E-state index contributed by atoms with van der Waals surface area (Å²) in [7, 11) is 1.40. The highest BCUT2D eigenvalue weighted by Gasteiger charge is 2.39. The van der Waals surface area contributed by atoms with Crippen LogP contribution in [-0.2, 0) is 4.79 Å². The van der Waals surface area contributed by atoms with Gasteiger partial charge < -0.3 is 19.8 Å². The number of likely N-dealkylation sites (tertiary alicyclic amines) is 1. The number of hydrogen-bond acceptors (Lipinski definition) is 4. The van der Waals surface area contributed by atoms with Crippen LogP contribution in [0.25, 0.3) is 0 Å². The zero-order valence-corrected chi connectivity index (χ0v) is 11.5. The van der Waals surface area contributed by atoms with E-state index in [1.165, 1.54) is 25.3 Å². The summed E-state index contributed by atoms with van der Waals surface area (Å²) in [6.07, 6.45) is -0.810. The van der Waals surface area contributed by atoms with Crippen LogP contribution in [0.2, 0.25) is 5.02 Å². The van der Waals surface area contributed by atoms with Gasteiger partial charge >= 0.3 is 5.97 Å². The van der Waals surface area contributed by atoms with Crippen molar-refractivity contribution >= 4 is 23.5 Å². The summed E-state index contributed by atoms with van der Waals surface area (Å²) >= 11 is 5.82. The molecule has 1 unspecified atom stereocenters. The molecule has 20 heavy (non-hydrogen) atoms. The molecule has 7 heteroatoms. The van der Waals surface area contributed by atoms with Crippen molar-refractivity contribution in [2.45, 2.75) is 18.6 Å². The van der Waals surface area contributed by atoms with Crippen molar-refractivity contribution < 1.29 is 24.5 Å². The highest BCUT2D eigenvalue weighted by Crippen LogP contribution is 2.27. The van der Waals surface area contributed by atoms with E-state index in [9.17, 15) is 14.7 Å². The largest absolute Gasteiger partial charge is 0.496 e. The summed E-state index contributed by atoms with van der Waals surface area (Å²) in [6.45, 7) is -0.0123. The third-order valence-corrected chi connectivity index (χ3v) is 3.45. The van der Waals surface area contributed by atoms with Gasteiger partial charge in [-0.05, 0) is 18.2 Å². The molecule has 0 bridgehead atoms. The molecule has 108 valence electrons. The van der Waals surface area contributed by atoms with Crippen molar-refractivity contribution in [2.75, 3.05) is 13.7 Å². The number of halogens is 1. The third-order valence-electron chi connectivity index (χ3n) is 3.22. The highest BCUT2D eigenvalue weighted by molar-refractivity contribution is 6.30. The molecule has 1 aromatic rings. The van der Waals surface area contributed by atoms with Gasteiger partial charge in [0.05, 0.1) is 18.8 Å². The predicted octanol–water partition coefficient (Wildman–Crippen LogP) is 1.01. The van der Waals surface area contributed by atoms with Crippen molar-refractivity contribution in [3.63, 3.8) is 0 Å². The summed E-state index contributed by atoms with van der Waals surface area (Å²) in [4.78, 5) is 24.7. The van der Waals surface area contributed by atoms with E-state index < -0.39 is 24.0 Å². The van der Waals surface area contributed by atoms with Crippen LogP contribution in [0, 0.1) is 0 Å². The Hall–Kier alpha value is -1.79. The Morgan fingerprint density at radius 3 is 2.75 bits per heavy atom. The van der Waals surface area contributed by atoms with E-state index in [1.807, 2.05) is 0 Å². The fourth-order valence-corrected chi connectivity index (χ4v) is 2.43. The Bertz CT molecular complexity index is 548. The van der Waals surface area contributed by atoms with E-state index in [0.29, 0.717) is 5.02 Å². The van der Waals surface area contributed by atoms with Crippen LogP contribution >= 0.6 is 11.6 Å². The number of carboxylic acids is 1. The lowest BCUT2D eigenvalue weighted by Crippen LogP contribution is -2.40. The van der Waals surface area contributed by atoms with Gasteiger partial charge in [0.15, 0.2) is 0 Å². The van der Waals surface area contributed by atoms with Crippen molar-refractivity contribution in [1.82, 2.24) is 4.90 Å². The first-order valence-corrected chi connectivity index (χ1v) is 6.37. The van der Waals surface area contributed by atoms with E-state index >= 15 is 0 Å². The molecular formula is C13H14ClNO5. The van der Waals surface area contributed by atoms with Gasteiger partial charge in [-0.1, -0.05) is 11.6 Å². The molecule has 1 aliphatic rings. The van der Waals surface area contributed by atoms with Crippen LogP contribution in [0.1, 0.15) is 16.8 Å². The number of ether oxygens (including phenoxy) is 1. The lowest BCUT2D eigenvalue weighted by atomic mass is 10.1. The Morgan fingerprint density at radius 1 is 1.45 bits per heavy atom. The Kier molecular flexibility index (Phi) is 4.15. The first-order chi connectivity index (χ1) is 9.43. The number of nitrogens with zero attached hydrogens (tertiary/aromatic N) is 1. The Balaban J connectivity index is 2.33. The molecule has 2 rings (SSSR count). The lowest BCUT2D eigenvalue weighted by molar-refractivity contribution is -0.141. The monoisotopic (exact) mass is 299 g/mol. The first kappa shape index (κ1) is 14.6. The Morgan fingerprint density at radius 2 is 2.15 bits per heavy atom. The maximum atomic E-state index is 12.4. The van der Waals surface area contributed by atoms with E-state index in [2.05, 4.69) is 0 Å². The van der Waals surface area contributed by atoms with E-state index in [4.69, 9.17) is 21.4 Å². The molecule has 1 saturated heterocycles. The number of β-amino-alcohol motifs (C(OH)–C–C–N with tert-alkyl or cyclic N) is 1. The molecule has 0 aromatic heterocycles. The van der Waals surface area contributed by atoms with Gasteiger partial charge in [0.2, 0.25) is 0 Å². The number of aliphatic carboxylic acids is 1. The minimum absolute atomic E-state index is 0.0123. The molecule has 0 aliphatic carbocycles. The molecule has 1 aliphatic heterocycles. The van der Waals surface area contributed by atoms with E-state index in [-0.39, 0.29) is 24.3 Å². The quantitative estimate of drug-likeness (QED) is 0.870. The summed E-state index contributed by atoms with van der Waals surface area (Å²) < 4.78 is 5.09. The van der Waals surface area contributed by atoms with Crippen molar-refractivity contribution in [3.8, 4) is 5.75 Å². The van der Waals surface area contributed by atoms with Gasteiger partial charge in [0.1, 0.15) is 11.8 Å². The summed E-state index contributed by atoms with van der Waals surface area (Å²) in [5.74, 6) is -1.36. The average Bonchev–Trinajstić information content (AvgIpc) is 2.80. The summed E-state index contributed by atoms with van der Waals surface area (Å²) in [6, 6.07) is 3.46. The van der Waals surface area contributed by atoms with Gasteiger partial charge in [0, 0.05) is 18.0 Å². The molecule has 2 atom stereocenters. The van der Waals surface area contributed by atoms with Crippen molar-refractivity contribution in [2.24, 2.45) is 0 Å². The molecule has 0 spiro atoms. The highest BCUT2D eigenvalue weighted by atomic mass is 35.5. The van der Waals surface area contributed by atoms with Gasteiger partial charge in [-0.25, -0.2) is 4.79 Å². The average molecular weight is 300 g/mol. The number of carboxylic acid groups (broad SMARTS) is 1. The van der Waals surface area contributed by atoms with E-state index in [1.54, 1.807) is 0 Å². The topological polar surface area (TPSA) is 87.1 Å². The number of aliphatic hydroxyl groups is 1. The molecule has 1 aromatic carbocycles. The van der Waals surface area contributed by atoms with Crippen molar-refractivity contribution in [3.05, 3.63) is 28.8 Å². The molecule has 0 radical (unpaired) electrons. The minimum Gasteiger partial charge on any atom is -0.496 e. The molecule has 1 heterocycles. The standard InChI is InChI=1S/C13H14ClNO5/c1-20-11-4-7(14)2-3-9(11)12(17)15-6-8(16)5-10(15)13(18)19/h2-4,8,10,16H,5-6H2,1H3,(H,18,19)/t8?,10-/m0/s1. The van der Waals surface area contributed by atoms with E-state index in [0.717, 1.165) is 4.90 Å². The number of amides is 1. The normalized spacial score (nSPS) is 21.9. The zero-order valence-electron chi connectivity index (χ0n) is 10.7. The number of aliphatic hydroxyl groups excluding tert-OH is 1. The Labute approximate surface area is 120 Å². The minimum atomic E-state index is -1.14. The van der Waals surface area contributed by atoms with Gasteiger partial charge in [-0.15, -0.1) is 0 Å². The number of methoxy groups -OCH3 is 1. The summed E-state index contributed by atoms with van der Waals surface area (Å²) in [5.41, 5.74) is 0.220. The fraction of sp³-hybridized carbons (Fsp3) is 0.385.